The fraction of sp³-hybridized carbons (Fsp3) is 0.538. The lowest BCUT2D eigenvalue weighted by molar-refractivity contribution is 0.269. The SMILES string of the molecule is CCNCc1ccc(N(C)C(C)CO)c(F)c1. The van der Waals surface area contributed by atoms with E-state index in [1.54, 1.807) is 24.1 Å². The molecule has 2 N–H and O–H groups in total. The summed E-state index contributed by atoms with van der Waals surface area (Å²) in [5.74, 6) is -0.247. The molecule has 0 radical (unpaired) electrons. The van der Waals surface area contributed by atoms with Crippen LogP contribution in [0.15, 0.2) is 18.2 Å². The van der Waals surface area contributed by atoms with Crippen LogP contribution in [0.25, 0.3) is 0 Å². The summed E-state index contributed by atoms with van der Waals surface area (Å²) in [6, 6.07) is 5.11. The summed E-state index contributed by atoms with van der Waals surface area (Å²) >= 11 is 0. The van der Waals surface area contributed by atoms with Crippen LogP contribution >= 0.6 is 0 Å². The molecular formula is C13H21FN2O. The molecule has 4 heteroatoms. The zero-order valence-corrected chi connectivity index (χ0v) is 10.7. The molecule has 1 aromatic carbocycles. The van der Waals surface area contributed by atoms with E-state index in [-0.39, 0.29) is 18.5 Å². The second-order valence-corrected chi connectivity index (χ2v) is 4.21. The molecule has 1 rings (SSSR count). The molecule has 0 saturated carbocycles. The van der Waals surface area contributed by atoms with Gasteiger partial charge < -0.3 is 15.3 Å². The van der Waals surface area contributed by atoms with Crippen molar-refractivity contribution < 1.29 is 9.50 Å². The molecule has 1 atom stereocenters. The number of anilines is 1. The Labute approximate surface area is 102 Å². The van der Waals surface area contributed by atoms with Crippen LogP contribution in [0.2, 0.25) is 0 Å². The van der Waals surface area contributed by atoms with Crippen molar-refractivity contribution in [3.05, 3.63) is 29.6 Å². The Balaban J connectivity index is 2.82. The number of aliphatic hydroxyl groups is 1. The third kappa shape index (κ3) is 3.68. The average Bonchev–Trinajstić information content (AvgIpc) is 2.34. The van der Waals surface area contributed by atoms with Gasteiger partial charge in [-0.1, -0.05) is 13.0 Å². The number of nitrogens with one attached hydrogen (secondary N) is 1. The monoisotopic (exact) mass is 240 g/mol. The molecule has 0 fully saturated rings. The Morgan fingerprint density at radius 3 is 2.71 bits per heavy atom. The molecule has 1 unspecified atom stereocenters. The van der Waals surface area contributed by atoms with E-state index in [1.165, 1.54) is 0 Å². The highest BCUT2D eigenvalue weighted by Gasteiger charge is 2.13. The van der Waals surface area contributed by atoms with Gasteiger partial charge in [0.25, 0.3) is 0 Å². The summed E-state index contributed by atoms with van der Waals surface area (Å²) in [6.45, 7) is 5.42. The van der Waals surface area contributed by atoms with Crippen LogP contribution in [0.1, 0.15) is 19.4 Å². The molecule has 0 aliphatic carbocycles. The summed E-state index contributed by atoms with van der Waals surface area (Å²) in [5, 5.41) is 12.2. The number of benzene rings is 1. The van der Waals surface area contributed by atoms with Crippen molar-refractivity contribution in [2.45, 2.75) is 26.4 Å². The fourth-order valence-electron chi connectivity index (χ4n) is 1.58. The van der Waals surface area contributed by atoms with E-state index in [1.807, 2.05) is 19.9 Å². The first kappa shape index (κ1) is 13.9. The first-order valence-corrected chi connectivity index (χ1v) is 5.93. The number of likely N-dealkylation sites (N-methyl/N-ethyl adjacent to an activating group) is 1. The standard InChI is InChI=1S/C13H21FN2O/c1-4-15-8-11-5-6-13(12(14)7-11)16(3)10(2)9-17/h5-7,10,15,17H,4,8-9H2,1-3H3. The van der Waals surface area contributed by atoms with E-state index < -0.39 is 0 Å². The van der Waals surface area contributed by atoms with Crippen LogP contribution in [0.4, 0.5) is 10.1 Å². The molecule has 0 bridgehead atoms. The summed E-state index contributed by atoms with van der Waals surface area (Å²) in [6.07, 6.45) is 0. The Hall–Kier alpha value is -1.13. The second-order valence-electron chi connectivity index (χ2n) is 4.21. The zero-order chi connectivity index (χ0) is 12.8. The molecule has 0 aliphatic rings. The Morgan fingerprint density at radius 1 is 1.47 bits per heavy atom. The lowest BCUT2D eigenvalue weighted by atomic mass is 10.1. The van der Waals surface area contributed by atoms with Crippen LogP contribution in [-0.2, 0) is 6.54 Å². The largest absolute Gasteiger partial charge is 0.394 e. The van der Waals surface area contributed by atoms with Gasteiger partial charge in [0.1, 0.15) is 5.82 Å². The maximum atomic E-state index is 13.9. The molecule has 0 heterocycles. The number of nitrogens with zero attached hydrogens (tertiary/aromatic N) is 1. The quantitative estimate of drug-likeness (QED) is 0.795. The van der Waals surface area contributed by atoms with Gasteiger partial charge in [-0.25, -0.2) is 4.39 Å². The topological polar surface area (TPSA) is 35.5 Å². The Kier molecular flexibility index (Phi) is 5.38. The third-order valence-electron chi connectivity index (χ3n) is 2.90. The van der Waals surface area contributed by atoms with Crippen molar-refractivity contribution >= 4 is 5.69 Å². The van der Waals surface area contributed by atoms with Crippen LogP contribution in [0.3, 0.4) is 0 Å². The van der Waals surface area contributed by atoms with Crippen LogP contribution in [0, 0.1) is 5.82 Å². The highest BCUT2D eigenvalue weighted by molar-refractivity contribution is 5.49. The van der Waals surface area contributed by atoms with Crippen molar-refractivity contribution in [2.24, 2.45) is 0 Å². The Morgan fingerprint density at radius 2 is 2.18 bits per heavy atom. The van der Waals surface area contributed by atoms with Gasteiger partial charge >= 0.3 is 0 Å². The van der Waals surface area contributed by atoms with Crippen molar-refractivity contribution in [1.29, 1.82) is 0 Å². The summed E-state index contributed by atoms with van der Waals surface area (Å²) in [5.41, 5.74) is 1.45. The molecule has 96 valence electrons. The predicted molar refractivity (Wildman–Crippen MR) is 68.7 cm³/mol. The van der Waals surface area contributed by atoms with Gasteiger partial charge in [0, 0.05) is 19.6 Å². The smallest absolute Gasteiger partial charge is 0.146 e. The van der Waals surface area contributed by atoms with E-state index >= 15 is 0 Å². The number of rotatable bonds is 6. The highest BCUT2D eigenvalue weighted by Crippen LogP contribution is 2.21. The maximum absolute atomic E-state index is 13.9. The van der Waals surface area contributed by atoms with Crippen LogP contribution in [0.5, 0.6) is 0 Å². The number of aliphatic hydroxyl groups excluding tert-OH is 1. The van der Waals surface area contributed by atoms with E-state index in [4.69, 9.17) is 5.11 Å². The minimum Gasteiger partial charge on any atom is -0.394 e. The van der Waals surface area contributed by atoms with Crippen LogP contribution < -0.4 is 10.2 Å². The number of hydrogen-bond acceptors (Lipinski definition) is 3. The molecule has 0 saturated heterocycles. The predicted octanol–water partition coefficient (Wildman–Crippen LogP) is 1.75. The zero-order valence-electron chi connectivity index (χ0n) is 10.7. The molecule has 0 spiro atoms. The van der Waals surface area contributed by atoms with Gasteiger partial charge in [0.2, 0.25) is 0 Å². The van der Waals surface area contributed by atoms with Crippen molar-refractivity contribution in [1.82, 2.24) is 5.32 Å². The van der Waals surface area contributed by atoms with Crippen molar-refractivity contribution in [3.63, 3.8) is 0 Å². The van der Waals surface area contributed by atoms with Crippen molar-refractivity contribution in [3.8, 4) is 0 Å². The molecular weight excluding hydrogens is 219 g/mol. The molecule has 0 aromatic heterocycles. The van der Waals surface area contributed by atoms with E-state index in [9.17, 15) is 4.39 Å². The molecule has 0 aliphatic heterocycles. The van der Waals surface area contributed by atoms with E-state index in [2.05, 4.69) is 5.32 Å². The van der Waals surface area contributed by atoms with Gasteiger partial charge in [-0.15, -0.1) is 0 Å². The highest BCUT2D eigenvalue weighted by atomic mass is 19.1. The molecule has 1 aromatic rings. The normalized spacial score (nSPS) is 12.5. The molecule has 3 nitrogen and oxygen atoms in total. The maximum Gasteiger partial charge on any atom is 0.146 e. The average molecular weight is 240 g/mol. The van der Waals surface area contributed by atoms with Crippen molar-refractivity contribution in [2.75, 3.05) is 25.1 Å². The number of hydrogen-bond donors (Lipinski definition) is 2. The van der Waals surface area contributed by atoms with E-state index in [0.717, 1.165) is 12.1 Å². The lowest BCUT2D eigenvalue weighted by Crippen LogP contribution is -2.32. The van der Waals surface area contributed by atoms with Gasteiger partial charge in [-0.3, -0.25) is 0 Å². The molecule has 0 amide bonds. The summed E-state index contributed by atoms with van der Waals surface area (Å²) in [7, 11) is 1.78. The first-order chi connectivity index (χ1) is 8.10. The minimum absolute atomic E-state index is 0.00901. The third-order valence-corrected chi connectivity index (χ3v) is 2.90. The van der Waals surface area contributed by atoms with Gasteiger partial charge in [-0.2, -0.15) is 0 Å². The molecule has 17 heavy (non-hydrogen) atoms. The van der Waals surface area contributed by atoms with E-state index in [0.29, 0.717) is 12.2 Å². The van der Waals surface area contributed by atoms with Crippen LogP contribution in [-0.4, -0.2) is 31.3 Å². The van der Waals surface area contributed by atoms with Gasteiger partial charge in [0.05, 0.1) is 12.3 Å². The van der Waals surface area contributed by atoms with Gasteiger partial charge in [0.15, 0.2) is 0 Å². The Bertz CT molecular complexity index is 357. The summed E-state index contributed by atoms with van der Waals surface area (Å²) < 4.78 is 13.9. The number of halogens is 1. The summed E-state index contributed by atoms with van der Waals surface area (Å²) in [4.78, 5) is 1.74. The fourth-order valence-corrected chi connectivity index (χ4v) is 1.58. The minimum atomic E-state index is -0.247. The first-order valence-electron chi connectivity index (χ1n) is 5.93. The van der Waals surface area contributed by atoms with Gasteiger partial charge in [-0.05, 0) is 31.2 Å². The lowest BCUT2D eigenvalue weighted by Gasteiger charge is -2.26. The second kappa shape index (κ2) is 6.57.